The number of fused-ring (bicyclic) bond motifs is 1. The van der Waals surface area contributed by atoms with Crippen molar-refractivity contribution in [2.75, 3.05) is 4.90 Å². The predicted molar refractivity (Wildman–Crippen MR) is 111 cm³/mol. The Bertz CT molecular complexity index is 1250. The Balaban J connectivity index is 1.77. The van der Waals surface area contributed by atoms with Crippen LogP contribution in [0.4, 0.5) is 18.9 Å². The first-order valence-electron chi connectivity index (χ1n) is 9.61. The molecule has 1 atom stereocenters. The fourth-order valence-electron chi connectivity index (χ4n) is 3.97. The molecule has 0 unspecified atom stereocenters. The molecule has 32 heavy (non-hydrogen) atoms. The van der Waals surface area contributed by atoms with Crippen LogP contribution < -0.4 is 16.2 Å². The van der Waals surface area contributed by atoms with Gasteiger partial charge in [0.15, 0.2) is 5.69 Å². The maximum atomic E-state index is 13.4. The van der Waals surface area contributed by atoms with Gasteiger partial charge >= 0.3 is 6.18 Å². The van der Waals surface area contributed by atoms with Crippen molar-refractivity contribution in [3.63, 3.8) is 0 Å². The van der Waals surface area contributed by atoms with Crippen molar-refractivity contribution in [1.82, 2.24) is 20.0 Å². The number of rotatable bonds is 4. The van der Waals surface area contributed by atoms with Crippen molar-refractivity contribution in [2.24, 2.45) is 5.73 Å². The minimum absolute atomic E-state index is 0.0261. The molecule has 0 saturated carbocycles. The summed E-state index contributed by atoms with van der Waals surface area (Å²) in [6.07, 6.45) is -2.78. The van der Waals surface area contributed by atoms with Crippen LogP contribution >= 0.6 is 11.6 Å². The lowest BCUT2D eigenvalue weighted by Crippen LogP contribution is -2.40. The van der Waals surface area contributed by atoms with Crippen LogP contribution in [0.25, 0.3) is 0 Å². The minimum atomic E-state index is -4.52. The highest BCUT2D eigenvalue weighted by atomic mass is 35.5. The fraction of sp³-hybridized carbons (Fsp3) is 0.300. The highest BCUT2D eigenvalue weighted by molar-refractivity contribution is 6.33. The molecule has 168 valence electrons. The van der Waals surface area contributed by atoms with E-state index in [1.54, 1.807) is 4.90 Å². The number of amides is 1. The highest BCUT2D eigenvalue weighted by Gasteiger charge is 2.35. The summed E-state index contributed by atoms with van der Waals surface area (Å²) in [5.74, 6) is -0.797. The van der Waals surface area contributed by atoms with Gasteiger partial charge in [0.2, 0.25) is 0 Å². The fourth-order valence-corrected chi connectivity index (χ4v) is 4.17. The first-order valence-corrected chi connectivity index (χ1v) is 9.99. The SMILES string of the molecule is C[C@@H]1Cc2c(c(C(N)=O)nn2Cc2ccccc2C(F)(F)F)CN1c1cn[nH]c(=O)c1Cl. The number of anilines is 1. The van der Waals surface area contributed by atoms with Crippen molar-refractivity contribution in [2.45, 2.75) is 38.7 Å². The summed E-state index contributed by atoms with van der Waals surface area (Å²) in [6, 6.07) is 5.01. The molecule has 8 nitrogen and oxygen atoms in total. The Kier molecular flexibility index (Phi) is 5.45. The van der Waals surface area contributed by atoms with E-state index < -0.39 is 23.2 Å². The van der Waals surface area contributed by atoms with E-state index in [0.717, 1.165) is 6.07 Å². The number of nitrogens with two attached hydrogens (primary N) is 1. The average Bonchev–Trinajstić information content (AvgIpc) is 3.07. The number of nitrogens with zero attached hydrogens (tertiary/aromatic N) is 4. The second kappa shape index (κ2) is 7.97. The summed E-state index contributed by atoms with van der Waals surface area (Å²) in [5, 5.41) is 10.2. The molecule has 2 aromatic heterocycles. The van der Waals surface area contributed by atoms with Gasteiger partial charge in [-0.05, 0) is 18.6 Å². The van der Waals surface area contributed by atoms with E-state index in [2.05, 4.69) is 15.3 Å². The molecule has 1 aliphatic heterocycles. The van der Waals surface area contributed by atoms with E-state index in [9.17, 15) is 22.8 Å². The number of halogens is 4. The normalized spacial score (nSPS) is 16.2. The maximum Gasteiger partial charge on any atom is 0.416 e. The number of aromatic nitrogens is 4. The second-order valence-electron chi connectivity index (χ2n) is 7.53. The Labute approximate surface area is 184 Å². The van der Waals surface area contributed by atoms with Crippen LogP contribution in [0.15, 0.2) is 35.3 Å². The number of carbonyl (C=O) groups excluding carboxylic acids is 1. The van der Waals surface area contributed by atoms with E-state index in [4.69, 9.17) is 17.3 Å². The Hall–Kier alpha value is -3.34. The molecule has 1 aromatic carbocycles. The summed E-state index contributed by atoms with van der Waals surface area (Å²) in [6.45, 7) is 1.83. The van der Waals surface area contributed by atoms with E-state index in [0.29, 0.717) is 23.4 Å². The van der Waals surface area contributed by atoms with Gasteiger partial charge in [-0.3, -0.25) is 14.3 Å². The maximum absolute atomic E-state index is 13.4. The Morgan fingerprint density at radius 3 is 2.75 bits per heavy atom. The molecule has 1 amide bonds. The lowest BCUT2D eigenvalue weighted by atomic mass is 9.98. The Morgan fingerprint density at radius 1 is 1.34 bits per heavy atom. The van der Waals surface area contributed by atoms with Gasteiger partial charge in [0.1, 0.15) is 5.02 Å². The topological polar surface area (TPSA) is 110 Å². The molecule has 3 heterocycles. The molecule has 3 N–H and O–H groups in total. The molecular formula is C20H18ClF3N6O2. The van der Waals surface area contributed by atoms with Gasteiger partial charge in [-0.15, -0.1) is 0 Å². The lowest BCUT2D eigenvalue weighted by Gasteiger charge is -2.35. The van der Waals surface area contributed by atoms with Crippen LogP contribution in [-0.4, -0.2) is 31.9 Å². The summed E-state index contributed by atoms with van der Waals surface area (Å²) in [5.41, 5.74) is 5.64. The van der Waals surface area contributed by atoms with Gasteiger partial charge < -0.3 is 10.6 Å². The third-order valence-electron chi connectivity index (χ3n) is 5.48. The van der Waals surface area contributed by atoms with Crippen molar-refractivity contribution < 1.29 is 18.0 Å². The Morgan fingerprint density at radius 2 is 2.06 bits per heavy atom. The summed E-state index contributed by atoms with van der Waals surface area (Å²) in [4.78, 5) is 25.7. The van der Waals surface area contributed by atoms with Gasteiger partial charge in [0.25, 0.3) is 11.5 Å². The van der Waals surface area contributed by atoms with Gasteiger partial charge in [-0.1, -0.05) is 29.8 Å². The number of benzene rings is 1. The largest absolute Gasteiger partial charge is 0.416 e. The second-order valence-corrected chi connectivity index (χ2v) is 7.91. The van der Waals surface area contributed by atoms with Crippen LogP contribution in [0, 0.1) is 0 Å². The van der Waals surface area contributed by atoms with E-state index >= 15 is 0 Å². The minimum Gasteiger partial charge on any atom is -0.364 e. The number of hydrogen-bond acceptors (Lipinski definition) is 5. The molecule has 0 bridgehead atoms. The van der Waals surface area contributed by atoms with Crippen LogP contribution in [0.2, 0.25) is 5.02 Å². The van der Waals surface area contributed by atoms with Crippen molar-refractivity contribution in [3.8, 4) is 0 Å². The zero-order valence-electron chi connectivity index (χ0n) is 16.8. The number of H-pyrrole nitrogens is 1. The summed E-state index contributed by atoms with van der Waals surface area (Å²) < 4.78 is 41.7. The molecule has 3 aromatic rings. The number of aromatic amines is 1. The quantitative estimate of drug-likeness (QED) is 0.614. The van der Waals surface area contributed by atoms with Crippen molar-refractivity contribution >= 4 is 23.2 Å². The number of nitrogens with one attached hydrogen (secondary N) is 1. The molecule has 12 heteroatoms. The summed E-state index contributed by atoms with van der Waals surface area (Å²) in [7, 11) is 0. The number of alkyl halides is 3. The molecule has 0 aliphatic carbocycles. The summed E-state index contributed by atoms with van der Waals surface area (Å²) >= 11 is 6.15. The van der Waals surface area contributed by atoms with Crippen LogP contribution in [0.5, 0.6) is 0 Å². The van der Waals surface area contributed by atoms with E-state index in [1.165, 1.54) is 29.1 Å². The average molecular weight is 467 g/mol. The van der Waals surface area contributed by atoms with Gasteiger partial charge in [-0.2, -0.15) is 23.4 Å². The molecule has 4 rings (SSSR count). The lowest BCUT2D eigenvalue weighted by molar-refractivity contribution is -0.138. The smallest absolute Gasteiger partial charge is 0.364 e. The predicted octanol–water partition coefficient (Wildman–Crippen LogP) is 2.74. The van der Waals surface area contributed by atoms with Crippen LogP contribution in [0.3, 0.4) is 0 Å². The van der Waals surface area contributed by atoms with Gasteiger partial charge in [-0.25, -0.2) is 5.10 Å². The monoisotopic (exact) mass is 466 g/mol. The third-order valence-corrected chi connectivity index (χ3v) is 5.84. The van der Waals surface area contributed by atoms with Crippen LogP contribution in [0.1, 0.15) is 39.8 Å². The first-order chi connectivity index (χ1) is 15.1. The first kappa shape index (κ1) is 21.9. The number of primary amides is 1. The van der Waals surface area contributed by atoms with Crippen molar-refractivity contribution in [3.05, 3.63) is 73.9 Å². The zero-order valence-corrected chi connectivity index (χ0v) is 17.5. The standard InChI is InChI=1S/C20H18ClF3N6O2/c1-10-6-14-12(9-29(10)15-7-26-27-19(32)16(15)21)17(18(25)31)28-30(14)8-11-4-2-3-5-13(11)20(22,23)24/h2-5,7,10H,6,8-9H2,1H3,(H2,25,31)(H,27,32)/t10-/m1/s1. The molecular weight excluding hydrogens is 449 g/mol. The van der Waals surface area contributed by atoms with E-state index in [1.807, 2.05) is 6.92 Å². The molecule has 0 fully saturated rings. The molecule has 1 aliphatic rings. The number of hydrogen-bond donors (Lipinski definition) is 2. The number of carbonyl (C=O) groups is 1. The van der Waals surface area contributed by atoms with Crippen molar-refractivity contribution in [1.29, 1.82) is 0 Å². The molecule has 0 spiro atoms. The highest BCUT2D eigenvalue weighted by Crippen LogP contribution is 2.35. The zero-order chi connectivity index (χ0) is 23.2. The third kappa shape index (κ3) is 3.83. The van der Waals surface area contributed by atoms with Gasteiger partial charge in [0, 0.05) is 30.3 Å². The molecule has 0 saturated heterocycles. The van der Waals surface area contributed by atoms with E-state index in [-0.39, 0.29) is 35.4 Å². The van der Waals surface area contributed by atoms with Gasteiger partial charge in [0.05, 0.1) is 24.0 Å². The van der Waals surface area contributed by atoms with Crippen LogP contribution in [-0.2, 0) is 25.7 Å². The molecule has 0 radical (unpaired) electrons.